The summed E-state index contributed by atoms with van der Waals surface area (Å²) in [4.78, 5) is 8.43. The smallest absolute Gasteiger partial charge is 0.0947 e. The van der Waals surface area contributed by atoms with Crippen molar-refractivity contribution in [3.63, 3.8) is 0 Å². The van der Waals surface area contributed by atoms with Crippen LogP contribution in [-0.4, -0.2) is 47.8 Å². The van der Waals surface area contributed by atoms with E-state index in [4.69, 9.17) is 10.5 Å². The van der Waals surface area contributed by atoms with Gasteiger partial charge in [0, 0.05) is 29.9 Å². The third-order valence-corrected chi connectivity index (χ3v) is 5.47. The van der Waals surface area contributed by atoms with Crippen LogP contribution in [0.3, 0.4) is 0 Å². The van der Waals surface area contributed by atoms with Crippen LogP contribution in [-0.2, 0) is 11.2 Å². The molecule has 2 aliphatic heterocycles. The number of hydrogen-bond acceptors (Lipinski definition) is 5. The molecule has 4 nitrogen and oxygen atoms in total. The number of aryl methyl sites for hydroxylation is 2. The first kappa shape index (κ1) is 13.5. The molecule has 0 bridgehead atoms. The van der Waals surface area contributed by atoms with Gasteiger partial charge in [0.25, 0.3) is 0 Å². The Morgan fingerprint density at radius 3 is 3.11 bits per heavy atom. The molecular weight excluding hydrogens is 258 g/mol. The summed E-state index contributed by atoms with van der Waals surface area (Å²) in [5.74, 6) is 0. The number of hydrogen-bond donors (Lipinski definition) is 1. The Balaban J connectivity index is 1.59. The van der Waals surface area contributed by atoms with Gasteiger partial charge in [-0.25, -0.2) is 4.98 Å². The van der Waals surface area contributed by atoms with Crippen molar-refractivity contribution in [1.82, 2.24) is 9.88 Å². The fourth-order valence-corrected chi connectivity index (χ4v) is 4.07. The first-order valence-electron chi connectivity index (χ1n) is 7.17. The van der Waals surface area contributed by atoms with Crippen LogP contribution in [0.25, 0.3) is 0 Å². The highest BCUT2D eigenvalue weighted by Crippen LogP contribution is 2.25. The van der Waals surface area contributed by atoms with Crippen molar-refractivity contribution < 1.29 is 4.74 Å². The van der Waals surface area contributed by atoms with Crippen LogP contribution >= 0.6 is 11.3 Å². The van der Waals surface area contributed by atoms with Gasteiger partial charge in [-0.05, 0) is 33.2 Å². The third-order valence-electron chi connectivity index (χ3n) is 4.38. The van der Waals surface area contributed by atoms with Crippen molar-refractivity contribution in [2.24, 2.45) is 5.73 Å². The highest BCUT2D eigenvalue weighted by Gasteiger charge is 2.34. The lowest BCUT2D eigenvalue weighted by atomic mass is 10.1. The maximum absolute atomic E-state index is 6.34. The number of morpholine rings is 1. The summed E-state index contributed by atoms with van der Waals surface area (Å²) in [5.41, 5.74) is 7.47. The molecule has 3 unspecified atom stereocenters. The molecule has 0 radical (unpaired) electrons. The minimum atomic E-state index is 0.0616. The van der Waals surface area contributed by atoms with E-state index >= 15 is 0 Å². The standard InChI is InChI=1S/C14H23N3OS/c1-9-10(2)19-14(16-9)6-12(15)13-7-17-5-3-4-11(17)8-18-13/h11-13H,3-8,15H2,1-2H3. The monoisotopic (exact) mass is 281 g/mol. The number of fused-ring (bicyclic) bond motifs is 1. The van der Waals surface area contributed by atoms with Crippen molar-refractivity contribution in [2.45, 2.75) is 51.3 Å². The van der Waals surface area contributed by atoms with Crippen LogP contribution in [0.2, 0.25) is 0 Å². The molecule has 5 heteroatoms. The van der Waals surface area contributed by atoms with Gasteiger partial charge in [-0.15, -0.1) is 11.3 Å². The zero-order valence-corrected chi connectivity index (χ0v) is 12.6. The van der Waals surface area contributed by atoms with E-state index in [0.717, 1.165) is 30.3 Å². The van der Waals surface area contributed by atoms with Crippen LogP contribution in [0, 0.1) is 13.8 Å². The van der Waals surface area contributed by atoms with Gasteiger partial charge in [-0.3, -0.25) is 4.90 Å². The summed E-state index contributed by atoms with van der Waals surface area (Å²) in [5, 5.41) is 1.15. The second-order valence-electron chi connectivity index (χ2n) is 5.78. The molecule has 0 amide bonds. The van der Waals surface area contributed by atoms with Gasteiger partial charge in [-0.2, -0.15) is 0 Å². The van der Waals surface area contributed by atoms with E-state index < -0.39 is 0 Å². The number of aromatic nitrogens is 1. The molecule has 0 aliphatic carbocycles. The Labute approximate surface area is 119 Å². The first-order chi connectivity index (χ1) is 9.13. The van der Waals surface area contributed by atoms with Gasteiger partial charge >= 0.3 is 0 Å². The third kappa shape index (κ3) is 2.84. The van der Waals surface area contributed by atoms with Crippen LogP contribution in [0.15, 0.2) is 0 Å². The SMILES string of the molecule is Cc1nc(CC(N)C2CN3CCCC3CO2)sc1C. The minimum absolute atomic E-state index is 0.0616. The zero-order chi connectivity index (χ0) is 13.4. The van der Waals surface area contributed by atoms with Gasteiger partial charge in [-0.1, -0.05) is 0 Å². The number of nitrogens with two attached hydrogens (primary N) is 1. The van der Waals surface area contributed by atoms with Crippen molar-refractivity contribution in [1.29, 1.82) is 0 Å². The van der Waals surface area contributed by atoms with Gasteiger partial charge in [0.15, 0.2) is 0 Å². The van der Waals surface area contributed by atoms with E-state index in [0.29, 0.717) is 6.04 Å². The number of thiazole rings is 1. The molecule has 1 aromatic heterocycles. The van der Waals surface area contributed by atoms with Gasteiger partial charge in [0.1, 0.15) is 0 Å². The Kier molecular flexibility index (Phi) is 3.89. The fourth-order valence-electron chi connectivity index (χ4n) is 3.06. The molecule has 2 N–H and O–H groups in total. The largest absolute Gasteiger partial charge is 0.374 e. The molecular formula is C14H23N3OS. The average Bonchev–Trinajstić information content (AvgIpc) is 2.96. The van der Waals surface area contributed by atoms with Crippen molar-refractivity contribution in [3.05, 3.63) is 15.6 Å². The predicted octanol–water partition coefficient (Wildman–Crippen LogP) is 1.49. The van der Waals surface area contributed by atoms with E-state index in [1.807, 2.05) is 0 Å². The molecule has 2 fully saturated rings. The maximum Gasteiger partial charge on any atom is 0.0947 e. The lowest BCUT2D eigenvalue weighted by molar-refractivity contribution is -0.0589. The minimum Gasteiger partial charge on any atom is -0.374 e. The molecule has 0 saturated carbocycles. The number of ether oxygens (including phenoxy) is 1. The Hall–Kier alpha value is -0.490. The molecule has 3 atom stereocenters. The first-order valence-corrected chi connectivity index (χ1v) is 7.99. The lowest BCUT2D eigenvalue weighted by Gasteiger charge is -2.37. The zero-order valence-electron chi connectivity index (χ0n) is 11.8. The van der Waals surface area contributed by atoms with E-state index in [1.54, 1.807) is 11.3 Å². The summed E-state index contributed by atoms with van der Waals surface area (Å²) in [7, 11) is 0. The van der Waals surface area contributed by atoms with Crippen LogP contribution in [0.5, 0.6) is 0 Å². The second-order valence-corrected chi connectivity index (χ2v) is 7.07. The Morgan fingerprint density at radius 1 is 1.53 bits per heavy atom. The summed E-state index contributed by atoms with van der Waals surface area (Å²) in [6, 6.07) is 0.708. The second kappa shape index (κ2) is 5.48. The average molecular weight is 281 g/mol. The van der Waals surface area contributed by atoms with Crippen molar-refractivity contribution in [2.75, 3.05) is 19.7 Å². The molecule has 1 aromatic rings. The molecule has 0 aromatic carbocycles. The lowest BCUT2D eigenvalue weighted by Crippen LogP contribution is -2.53. The molecule has 19 heavy (non-hydrogen) atoms. The summed E-state index contributed by atoms with van der Waals surface area (Å²) in [6.07, 6.45) is 3.59. The van der Waals surface area contributed by atoms with Crippen LogP contribution < -0.4 is 5.73 Å². The molecule has 3 heterocycles. The molecule has 0 spiro atoms. The van der Waals surface area contributed by atoms with E-state index in [2.05, 4.69) is 23.7 Å². The molecule has 106 valence electrons. The maximum atomic E-state index is 6.34. The number of nitrogens with zero attached hydrogens (tertiary/aromatic N) is 2. The van der Waals surface area contributed by atoms with Crippen LogP contribution in [0.1, 0.15) is 28.4 Å². The molecule has 3 rings (SSSR count). The van der Waals surface area contributed by atoms with Gasteiger partial charge in [0.05, 0.1) is 23.4 Å². The Bertz CT molecular complexity index is 428. The van der Waals surface area contributed by atoms with Crippen molar-refractivity contribution in [3.8, 4) is 0 Å². The topological polar surface area (TPSA) is 51.4 Å². The summed E-state index contributed by atoms with van der Waals surface area (Å²) < 4.78 is 5.97. The normalized spacial score (nSPS) is 29.4. The van der Waals surface area contributed by atoms with E-state index in [-0.39, 0.29) is 12.1 Å². The predicted molar refractivity (Wildman–Crippen MR) is 77.6 cm³/mol. The highest BCUT2D eigenvalue weighted by molar-refractivity contribution is 7.11. The van der Waals surface area contributed by atoms with Crippen molar-refractivity contribution >= 4 is 11.3 Å². The summed E-state index contributed by atoms with van der Waals surface area (Å²) >= 11 is 1.77. The molecule has 2 aliphatic rings. The van der Waals surface area contributed by atoms with Gasteiger partial charge < -0.3 is 10.5 Å². The highest BCUT2D eigenvalue weighted by atomic mass is 32.1. The number of rotatable bonds is 3. The van der Waals surface area contributed by atoms with E-state index in [9.17, 15) is 0 Å². The Morgan fingerprint density at radius 2 is 2.37 bits per heavy atom. The fraction of sp³-hybridized carbons (Fsp3) is 0.786. The quantitative estimate of drug-likeness (QED) is 0.912. The van der Waals surface area contributed by atoms with Crippen LogP contribution in [0.4, 0.5) is 0 Å². The molecule has 2 saturated heterocycles. The van der Waals surface area contributed by atoms with Gasteiger partial charge in [0.2, 0.25) is 0 Å². The van der Waals surface area contributed by atoms with E-state index in [1.165, 1.54) is 24.3 Å². The summed E-state index contributed by atoms with van der Waals surface area (Å²) in [6.45, 7) is 7.25.